The molecule has 0 spiro atoms. The SMILES string of the molecule is Cc1cc(Cl)ccc1O[C@@H](C)C(=O)NC(C(N)=O)C(N)=O. The van der Waals surface area contributed by atoms with Gasteiger partial charge in [0, 0.05) is 5.02 Å². The molecule has 0 bridgehead atoms. The third-order valence-corrected chi connectivity index (χ3v) is 2.90. The minimum atomic E-state index is -1.57. The molecule has 114 valence electrons. The molecule has 1 aromatic carbocycles. The van der Waals surface area contributed by atoms with Crippen LogP contribution in [-0.2, 0) is 14.4 Å². The van der Waals surface area contributed by atoms with E-state index in [0.717, 1.165) is 5.56 Å². The van der Waals surface area contributed by atoms with Crippen LogP contribution in [0.4, 0.5) is 0 Å². The molecule has 7 nitrogen and oxygen atoms in total. The molecule has 0 aliphatic carbocycles. The standard InChI is InChI=1S/C13H16ClN3O4/c1-6-5-8(14)3-4-9(6)21-7(2)13(20)17-10(11(15)18)12(16)19/h3-5,7,10H,1-2H3,(H2,15,18)(H2,16,19)(H,17,20)/t7-/m0/s1. The van der Waals surface area contributed by atoms with Crippen molar-refractivity contribution < 1.29 is 19.1 Å². The van der Waals surface area contributed by atoms with E-state index in [0.29, 0.717) is 10.8 Å². The average molecular weight is 314 g/mol. The lowest BCUT2D eigenvalue weighted by molar-refractivity contribution is -0.136. The Labute approximate surface area is 126 Å². The van der Waals surface area contributed by atoms with Crippen LogP contribution in [0.5, 0.6) is 5.75 Å². The summed E-state index contributed by atoms with van der Waals surface area (Å²) in [5, 5.41) is 2.67. The molecule has 0 saturated heterocycles. The van der Waals surface area contributed by atoms with E-state index >= 15 is 0 Å². The molecular formula is C13H16ClN3O4. The molecule has 3 amide bonds. The first-order chi connectivity index (χ1) is 9.72. The predicted octanol–water partition coefficient (Wildman–Crippen LogP) is -0.129. The van der Waals surface area contributed by atoms with Gasteiger partial charge < -0.3 is 21.5 Å². The van der Waals surface area contributed by atoms with Crippen molar-refractivity contribution in [2.24, 2.45) is 11.5 Å². The van der Waals surface area contributed by atoms with Gasteiger partial charge in [-0.25, -0.2) is 0 Å². The van der Waals surface area contributed by atoms with Gasteiger partial charge in [0.1, 0.15) is 5.75 Å². The molecule has 0 fully saturated rings. The van der Waals surface area contributed by atoms with Gasteiger partial charge in [0.05, 0.1) is 0 Å². The fraction of sp³-hybridized carbons (Fsp3) is 0.308. The highest BCUT2D eigenvalue weighted by Crippen LogP contribution is 2.22. The summed E-state index contributed by atoms with van der Waals surface area (Å²) in [6, 6.07) is 3.33. The number of carbonyl (C=O) groups is 3. The fourth-order valence-electron chi connectivity index (χ4n) is 1.53. The maximum absolute atomic E-state index is 11.9. The van der Waals surface area contributed by atoms with Crippen molar-refractivity contribution in [3.63, 3.8) is 0 Å². The first kappa shape index (κ1) is 16.8. The van der Waals surface area contributed by atoms with E-state index in [1.54, 1.807) is 25.1 Å². The summed E-state index contributed by atoms with van der Waals surface area (Å²) in [5.41, 5.74) is 10.7. The number of hydrogen-bond acceptors (Lipinski definition) is 4. The van der Waals surface area contributed by atoms with Gasteiger partial charge in [0.2, 0.25) is 11.8 Å². The second kappa shape index (κ2) is 6.94. The smallest absolute Gasteiger partial charge is 0.261 e. The van der Waals surface area contributed by atoms with Gasteiger partial charge in [-0.05, 0) is 37.6 Å². The number of nitrogens with one attached hydrogen (secondary N) is 1. The van der Waals surface area contributed by atoms with E-state index in [9.17, 15) is 14.4 Å². The number of hydrogen-bond donors (Lipinski definition) is 3. The third kappa shape index (κ3) is 4.64. The monoisotopic (exact) mass is 313 g/mol. The van der Waals surface area contributed by atoms with Crippen LogP contribution in [0.15, 0.2) is 18.2 Å². The van der Waals surface area contributed by atoms with Gasteiger partial charge in [0.15, 0.2) is 12.1 Å². The van der Waals surface area contributed by atoms with Crippen LogP contribution in [0, 0.1) is 6.92 Å². The topological polar surface area (TPSA) is 125 Å². The Morgan fingerprint density at radius 1 is 1.24 bits per heavy atom. The minimum absolute atomic E-state index is 0.455. The van der Waals surface area contributed by atoms with Crippen molar-refractivity contribution in [1.82, 2.24) is 5.32 Å². The van der Waals surface area contributed by atoms with Gasteiger partial charge in [-0.2, -0.15) is 0 Å². The van der Waals surface area contributed by atoms with Crippen LogP contribution in [0.3, 0.4) is 0 Å². The van der Waals surface area contributed by atoms with Crippen LogP contribution in [0.2, 0.25) is 5.02 Å². The highest BCUT2D eigenvalue weighted by molar-refractivity contribution is 6.30. The largest absolute Gasteiger partial charge is 0.481 e. The third-order valence-electron chi connectivity index (χ3n) is 2.67. The minimum Gasteiger partial charge on any atom is -0.481 e. The lowest BCUT2D eigenvalue weighted by atomic mass is 10.2. The molecule has 0 unspecified atom stereocenters. The number of rotatable bonds is 6. The zero-order valence-electron chi connectivity index (χ0n) is 11.6. The number of ether oxygens (including phenoxy) is 1. The lowest BCUT2D eigenvalue weighted by Gasteiger charge is -2.18. The molecule has 0 heterocycles. The van der Waals surface area contributed by atoms with Crippen molar-refractivity contribution in [3.8, 4) is 5.75 Å². The maximum atomic E-state index is 11.9. The first-order valence-corrected chi connectivity index (χ1v) is 6.42. The maximum Gasteiger partial charge on any atom is 0.261 e. The Morgan fingerprint density at radius 3 is 2.29 bits per heavy atom. The van der Waals surface area contributed by atoms with Gasteiger partial charge >= 0.3 is 0 Å². The Bertz CT molecular complexity index is 563. The van der Waals surface area contributed by atoms with Crippen molar-refractivity contribution in [3.05, 3.63) is 28.8 Å². The summed E-state index contributed by atoms with van der Waals surface area (Å²) < 4.78 is 5.45. The Morgan fingerprint density at radius 2 is 1.81 bits per heavy atom. The van der Waals surface area contributed by atoms with Gasteiger partial charge in [0.25, 0.3) is 5.91 Å². The zero-order chi connectivity index (χ0) is 16.2. The van der Waals surface area contributed by atoms with Gasteiger partial charge in [-0.3, -0.25) is 14.4 Å². The highest BCUT2D eigenvalue weighted by atomic mass is 35.5. The number of amides is 3. The van der Waals surface area contributed by atoms with E-state index in [2.05, 4.69) is 5.32 Å². The van der Waals surface area contributed by atoms with Crippen molar-refractivity contribution >= 4 is 29.3 Å². The highest BCUT2D eigenvalue weighted by Gasteiger charge is 2.27. The quantitative estimate of drug-likeness (QED) is 0.633. The number of nitrogens with two attached hydrogens (primary N) is 2. The molecule has 0 aliphatic heterocycles. The summed E-state index contributed by atoms with van der Waals surface area (Å²) in [5.74, 6) is -2.31. The summed E-state index contributed by atoms with van der Waals surface area (Å²) in [6.07, 6.45) is -0.953. The van der Waals surface area contributed by atoms with E-state index < -0.39 is 29.9 Å². The number of primary amides is 2. The van der Waals surface area contributed by atoms with E-state index in [1.807, 2.05) is 0 Å². The first-order valence-electron chi connectivity index (χ1n) is 6.04. The Kier molecular flexibility index (Phi) is 5.54. The molecule has 21 heavy (non-hydrogen) atoms. The molecule has 0 aromatic heterocycles. The van der Waals surface area contributed by atoms with Gasteiger partial charge in [-0.15, -0.1) is 0 Å². The molecule has 5 N–H and O–H groups in total. The molecule has 0 saturated carbocycles. The molecular weight excluding hydrogens is 298 g/mol. The zero-order valence-corrected chi connectivity index (χ0v) is 12.3. The molecule has 1 atom stereocenters. The van der Waals surface area contributed by atoms with Crippen LogP contribution in [0.25, 0.3) is 0 Å². The van der Waals surface area contributed by atoms with Crippen molar-refractivity contribution in [2.75, 3.05) is 0 Å². The van der Waals surface area contributed by atoms with Crippen LogP contribution in [0.1, 0.15) is 12.5 Å². The normalized spacial score (nSPS) is 11.8. The van der Waals surface area contributed by atoms with Crippen LogP contribution < -0.4 is 21.5 Å². The molecule has 8 heteroatoms. The van der Waals surface area contributed by atoms with Gasteiger partial charge in [-0.1, -0.05) is 11.6 Å². The number of aryl methyl sites for hydroxylation is 1. The van der Waals surface area contributed by atoms with Crippen molar-refractivity contribution in [1.29, 1.82) is 0 Å². The molecule has 0 radical (unpaired) electrons. The molecule has 0 aliphatic rings. The fourth-order valence-corrected chi connectivity index (χ4v) is 1.76. The second-order valence-corrected chi connectivity index (χ2v) is 4.85. The Balaban J connectivity index is 2.74. The summed E-state index contributed by atoms with van der Waals surface area (Å²) >= 11 is 5.82. The van der Waals surface area contributed by atoms with E-state index in [4.69, 9.17) is 27.8 Å². The molecule has 1 rings (SSSR count). The molecule has 1 aromatic rings. The number of halogens is 1. The van der Waals surface area contributed by atoms with E-state index in [1.165, 1.54) is 6.92 Å². The second-order valence-electron chi connectivity index (χ2n) is 4.42. The average Bonchev–Trinajstić information content (AvgIpc) is 2.37. The van der Waals surface area contributed by atoms with Crippen LogP contribution in [-0.4, -0.2) is 29.9 Å². The van der Waals surface area contributed by atoms with Crippen LogP contribution >= 0.6 is 11.6 Å². The number of carbonyl (C=O) groups excluding carboxylic acids is 3. The summed E-state index contributed by atoms with van der Waals surface area (Å²) in [4.78, 5) is 33.9. The number of benzene rings is 1. The van der Waals surface area contributed by atoms with E-state index in [-0.39, 0.29) is 0 Å². The van der Waals surface area contributed by atoms with Crippen molar-refractivity contribution in [2.45, 2.75) is 26.0 Å². The predicted molar refractivity (Wildman–Crippen MR) is 76.6 cm³/mol. The summed E-state index contributed by atoms with van der Waals surface area (Å²) in [7, 11) is 0. The summed E-state index contributed by atoms with van der Waals surface area (Å²) in [6.45, 7) is 3.23. The lowest BCUT2D eigenvalue weighted by Crippen LogP contribution is -2.55. The Hall–Kier alpha value is -2.28.